The van der Waals surface area contributed by atoms with Crippen molar-refractivity contribution in [2.45, 2.75) is 12.6 Å². The average Bonchev–Trinajstić information content (AvgIpc) is 2.74. The molecule has 0 aliphatic rings. The van der Waals surface area contributed by atoms with Crippen LogP contribution in [0.4, 0.5) is 10.1 Å². The fourth-order valence-corrected chi connectivity index (χ4v) is 2.89. The third-order valence-electron chi connectivity index (χ3n) is 4.34. The summed E-state index contributed by atoms with van der Waals surface area (Å²) in [5.41, 5.74) is 2.12. The molecule has 0 aromatic heterocycles. The van der Waals surface area contributed by atoms with Crippen LogP contribution in [0.5, 0.6) is 11.5 Å². The molecule has 0 aliphatic heterocycles. The first-order valence-corrected chi connectivity index (χ1v) is 9.13. The predicted molar refractivity (Wildman–Crippen MR) is 108 cm³/mol. The number of hydrogen-bond donors (Lipinski definition) is 1. The van der Waals surface area contributed by atoms with Gasteiger partial charge in [0.05, 0.1) is 7.11 Å². The first kappa shape index (κ1) is 19.7. The Balaban J connectivity index is 1.67. The molecule has 0 radical (unpaired) electrons. The number of anilines is 1. The van der Waals surface area contributed by atoms with Crippen LogP contribution in [-0.2, 0) is 6.54 Å². The topological polar surface area (TPSA) is 41.9 Å². The summed E-state index contributed by atoms with van der Waals surface area (Å²) in [7, 11) is 1.63. The van der Waals surface area contributed by atoms with Crippen molar-refractivity contribution in [1.82, 2.24) is 0 Å². The van der Waals surface area contributed by atoms with E-state index in [1.54, 1.807) is 19.2 Å². The van der Waals surface area contributed by atoms with Crippen LogP contribution in [0.25, 0.3) is 0 Å². The van der Waals surface area contributed by atoms with Crippen molar-refractivity contribution < 1.29 is 19.0 Å². The second-order valence-electron chi connectivity index (χ2n) is 6.48. The maximum atomic E-state index is 13.0. The normalized spacial score (nSPS) is 11.7. The average molecular weight is 381 g/mol. The van der Waals surface area contributed by atoms with Gasteiger partial charge in [0.2, 0.25) is 0 Å². The Kier molecular flexibility index (Phi) is 6.87. The lowest BCUT2D eigenvalue weighted by molar-refractivity contribution is 0.112. The largest absolute Gasteiger partial charge is 0.497 e. The van der Waals surface area contributed by atoms with Crippen molar-refractivity contribution >= 4 is 5.69 Å². The Hall–Kier alpha value is -3.05. The van der Waals surface area contributed by atoms with E-state index in [0.717, 1.165) is 17.0 Å². The molecule has 1 unspecified atom stereocenters. The number of aliphatic hydroxyl groups excluding tert-OH is 1. The molecule has 1 atom stereocenters. The number of rotatable bonds is 9. The van der Waals surface area contributed by atoms with Gasteiger partial charge in [-0.1, -0.05) is 30.3 Å². The summed E-state index contributed by atoms with van der Waals surface area (Å²) >= 11 is 0. The minimum absolute atomic E-state index is 0.118. The summed E-state index contributed by atoms with van der Waals surface area (Å²) in [6.07, 6.45) is -0.712. The molecular weight excluding hydrogens is 357 g/mol. The number of halogens is 1. The highest BCUT2D eigenvalue weighted by atomic mass is 19.1. The Labute approximate surface area is 164 Å². The number of aliphatic hydroxyl groups is 1. The minimum atomic E-state index is -0.712. The smallest absolute Gasteiger partial charge is 0.123 e. The lowest BCUT2D eigenvalue weighted by Crippen LogP contribution is -2.35. The van der Waals surface area contributed by atoms with E-state index in [1.165, 1.54) is 12.1 Å². The molecular formula is C23H24FNO3. The molecule has 0 amide bonds. The van der Waals surface area contributed by atoms with Crippen molar-refractivity contribution in [1.29, 1.82) is 0 Å². The predicted octanol–water partition coefficient (Wildman–Crippen LogP) is 4.28. The van der Waals surface area contributed by atoms with E-state index < -0.39 is 6.10 Å². The van der Waals surface area contributed by atoms with Crippen molar-refractivity contribution in [3.05, 3.63) is 90.2 Å². The van der Waals surface area contributed by atoms with Gasteiger partial charge in [0.25, 0.3) is 0 Å². The van der Waals surface area contributed by atoms with E-state index >= 15 is 0 Å². The van der Waals surface area contributed by atoms with E-state index in [1.807, 2.05) is 42.5 Å². The van der Waals surface area contributed by atoms with Gasteiger partial charge in [-0.3, -0.25) is 0 Å². The summed E-state index contributed by atoms with van der Waals surface area (Å²) in [6, 6.07) is 23.6. The van der Waals surface area contributed by atoms with Gasteiger partial charge < -0.3 is 19.5 Å². The van der Waals surface area contributed by atoms with Crippen LogP contribution in [0.2, 0.25) is 0 Å². The highest BCUT2D eigenvalue weighted by Crippen LogP contribution is 2.22. The van der Waals surface area contributed by atoms with Crippen LogP contribution >= 0.6 is 0 Å². The van der Waals surface area contributed by atoms with Crippen LogP contribution in [0.15, 0.2) is 78.9 Å². The van der Waals surface area contributed by atoms with Gasteiger partial charge in [-0.05, 0) is 54.1 Å². The van der Waals surface area contributed by atoms with Gasteiger partial charge in [-0.25, -0.2) is 4.39 Å². The van der Waals surface area contributed by atoms with Crippen molar-refractivity contribution in [2.75, 3.05) is 25.2 Å². The van der Waals surface area contributed by atoms with E-state index in [0.29, 0.717) is 18.8 Å². The summed E-state index contributed by atoms with van der Waals surface area (Å²) in [5, 5.41) is 10.5. The summed E-state index contributed by atoms with van der Waals surface area (Å²) < 4.78 is 23.8. The number of ether oxygens (including phenoxy) is 2. The number of benzene rings is 3. The van der Waals surface area contributed by atoms with E-state index in [4.69, 9.17) is 9.47 Å². The molecule has 0 bridgehead atoms. The van der Waals surface area contributed by atoms with E-state index in [-0.39, 0.29) is 12.4 Å². The zero-order valence-electron chi connectivity index (χ0n) is 15.8. The summed E-state index contributed by atoms with van der Waals surface area (Å²) in [4.78, 5) is 2.09. The van der Waals surface area contributed by atoms with Crippen LogP contribution in [-0.4, -0.2) is 31.5 Å². The van der Waals surface area contributed by atoms with E-state index in [2.05, 4.69) is 17.0 Å². The first-order valence-electron chi connectivity index (χ1n) is 9.13. The van der Waals surface area contributed by atoms with Gasteiger partial charge in [0.1, 0.15) is 30.0 Å². The standard InChI is InChI=1S/C23H24FNO3/c1-27-22-13-9-20(10-14-22)25(15-18-5-3-2-4-6-18)16-21(26)17-28-23-11-7-19(24)8-12-23/h2-14,21,26H,15-17H2,1H3. The zero-order valence-corrected chi connectivity index (χ0v) is 15.8. The maximum absolute atomic E-state index is 13.0. The van der Waals surface area contributed by atoms with Crippen LogP contribution in [0.1, 0.15) is 5.56 Å². The molecule has 0 aliphatic carbocycles. The third-order valence-corrected chi connectivity index (χ3v) is 4.34. The summed E-state index contributed by atoms with van der Waals surface area (Å²) in [5.74, 6) is 0.990. The molecule has 3 rings (SSSR count). The lowest BCUT2D eigenvalue weighted by Gasteiger charge is -2.27. The molecule has 1 N–H and O–H groups in total. The van der Waals surface area contributed by atoms with Crippen LogP contribution < -0.4 is 14.4 Å². The molecule has 0 saturated carbocycles. The van der Waals surface area contributed by atoms with Gasteiger partial charge in [-0.15, -0.1) is 0 Å². The SMILES string of the molecule is COc1ccc(N(Cc2ccccc2)CC(O)COc2ccc(F)cc2)cc1. The molecule has 0 spiro atoms. The monoisotopic (exact) mass is 381 g/mol. The number of nitrogens with zero attached hydrogens (tertiary/aromatic N) is 1. The van der Waals surface area contributed by atoms with E-state index in [9.17, 15) is 9.50 Å². The molecule has 3 aromatic rings. The highest BCUT2D eigenvalue weighted by molar-refractivity contribution is 5.49. The van der Waals surface area contributed by atoms with Crippen LogP contribution in [0, 0.1) is 5.82 Å². The molecule has 5 heteroatoms. The molecule has 146 valence electrons. The molecule has 0 heterocycles. The Morgan fingerprint density at radius 3 is 2.18 bits per heavy atom. The van der Waals surface area contributed by atoms with Gasteiger partial charge in [0.15, 0.2) is 0 Å². The molecule has 28 heavy (non-hydrogen) atoms. The maximum Gasteiger partial charge on any atom is 0.123 e. The quantitative estimate of drug-likeness (QED) is 0.601. The fraction of sp³-hybridized carbons (Fsp3) is 0.217. The Bertz CT molecular complexity index is 838. The van der Waals surface area contributed by atoms with Gasteiger partial charge >= 0.3 is 0 Å². The molecule has 0 fully saturated rings. The molecule has 4 nitrogen and oxygen atoms in total. The minimum Gasteiger partial charge on any atom is -0.497 e. The van der Waals surface area contributed by atoms with Crippen molar-refractivity contribution in [2.24, 2.45) is 0 Å². The second kappa shape index (κ2) is 9.76. The second-order valence-corrected chi connectivity index (χ2v) is 6.48. The van der Waals surface area contributed by atoms with Crippen molar-refractivity contribution in [3.8, 4) is 11.5 Å². The fourth-order valence-electron chi connectivity index (χ4n) is 2.89. The summed E-state index contributed by atoms with van der Waals surface area (Å²) in [6.45, 7) is 1.16. The third kappa shape index (κ3) is 5.72. The zero-order chi connectivity index (χ0) is 19.8. The van der Waals surface area contributed by atoms with Crippen molar-refractivity contribution in [3.63, 3.8) is 0 Å². The van der Waals surface area contributed by atoms with Gasteiger partial charge in [0, 0.05) is 18.8 Å². The molecule has 0 saturated heterocycles. The Morgan fingerprint density at radius 2 is 1.54 bits per heavy atom. The van der Waals surface area contributed by atoms with Crippen LogP contribution in [0.3, 0.4) is 0 Å². The number of hydrogen-bond acceptors (Lipinski definition) is 4. The first-order chi connectivity index (χ1) is 13.6. The number of methoxy groups -OCH3 is 1. The molecule has 3 aromatic carbocycles. The lowest BCUT2D eigenvalue weighted by atomic mass is 10.1. The highest BCUT2D eigenvalue weighted by Gasteiger charge is 2.14. The Morgan fingerprint density at radius 1 is 0.893 bits per heavy atom. The van der Waals surface area contributed by atoms with Gasteiger partial charge in [-0.2, -0.15) is 0 Å².